The van der Waals surface area contributed by atoms with Crippen LogP contribution in [0.1, 0.15) is 51.9 Å². The molecule has 118 valence electrons. The number of carbonyl (C=O) groups excluding carboxylic acids is 1. The first-order chi connectivity index (χ1) is 10.1. The normalized spacial score (nSPS) is 32.6. The van der Waals surface area contributed by atoms with Gasteiger partial charge in [0.2, 0.25) is 5.91 Å². The van der Waals surface area contributed by atoms with E-state index in [0.29, 0.717) is 25.3 Å². The molecule has 2 rings (SSSR count). The highest BCUT2D eigenvalue weighted by Crippen LogP contribution is 2.30. The van der Waals surface area contributed by atoms with Crippen LogP contribution in [0.5, 0.6) is 0 Å². The lowest BCUT2D eigenvalue weighted by Crippen LogP contribution is -2.41. The first-order valence-corrected chi connectivity index (χ1v) is 8.27. The number of rotatable bonds is 5. The minimum Gasteiger partial charge on any atom is -0.481 e. The molecule has 2 aliphatic carbocycles. The van der Waals surface area contributed by atoms with Crippen LogP contribution in [0.15, 0.2) is 12.2 Å². The third kappa shape index (κ3) is 4.32. The molecule has 2 atom stereocenters. The number of allylic oxidation sites excluding steroid dienone is 2. The second-order valence-electron chi connectivity index (χ2n) is 6.53. The Kier molecular flexibility index (Phi) is 5.83. The summed E-state index contributed by atoms with van der Waals surface area (Å²) < 4.78 is 0. The zero-order valence-electron chi connectivity index (χ0n) is 12.9. The van der Waals surface area contributed by atoms with E-state index in [9.17, 15) is 14.7 Å². The summed E-state index contributed by atoms with van der Waals surface area (Å²) in [5, 5.41) is 12.2. The molecule has 0 bridgehead atoms. The molecule has 1 fully saturated rings. The van der Waals surface area contributed by atoms with Gasteiger partial charge in [0.15, 0.2) is 0 Å². The standard InChI is InChI=1S/C17H27NO3/c1-2-12-7-9-13(10-8-12)11-18-16(19)14-5-3-4-6-15(14)17(20)21/h3-4,12-15H,2,5-11H2,1H3,(H,18,19)(H,20,21)/t12?,13?,14-,15+/m1/s1. The minimum atomic E-state index is -0.858. The smallest absolute Gasteiger partial charge is 0.307 e. The Hall–Kier alpha value is -1.32. The third-order valence-electron chi connectivity index (χ3n) is 5.20. The Labute approximate surface area is 127 Å². The fourth-order valence-corrected chi connectivity index (χ4v) is 3.60. The van der Waals surface area contributed by atoms with Crippen LogP contribution in [0.25, 0.3) is 0 Å². The predicted molar refractivity (Wildman–Crippen MR) is 81.7 cm³/mol. The van der Waals surface area contributed by atoms with Crippen molar-refractivity contribution in [3.05, 3.63) is 12.2 Å². The molecule has 0 aromatic heterocycles. The molecule has 1 saturated carbocycles. The van der Waals surface area contributed by atoms with Gasteiger partial charge in [-0.05, 0) is 37.5 Å². The summed E-state index contributed by atoms with van der Waals surface area (Å²) in [4.78, 5) is 23.5. The highest BCUT2D eigenvalue weighted by Gasteiger charge is 2.34. The van der Waals surface area contributed by atoms with E-state index in [1.165, 1.54) is 32.1 Å². The first-order valence-electron chi connectivity index (χ1n) is 8.27. The SMILES string of the molecule is CCC1CCC(CNC(=O)[C@@H]2CC=CC[C@@H]2C(=O)O)CC1. The van der Waals surface area contributed by atoms with Crippen LogP contribution in [0, 0.1) is 23.7 Å². The molecular formula is C17H27NO3. The maximum absolute atomic E-state index is 12.3. The summed E-state index contributed by atoms with van der Waals surface area (Å²) in [6, 6.07) is 0. The Morgan fingerprint density at radius 2 is 1.62 bits per heavy atom. The van der Waals surface area contributed by atoms with E-state index in [2.05, 4.69) is 12.2 Å². The number of hydrogen-bond donors (Lipinski definition) is 2. The van der Waals surface area contributed by atoms with E-state index in [1.807, 2.05) is 12.2 Å². The molecule has 1 amide bonds. The van der Waals surface area contributed by atoms with Gasteiger partial charge in [-0.1, -0.05) is 38.3 Å². The second-order valence-corrected chi connectivity index (χ2v) is 6.53. The molecule has 4 nitrogen and oxygen atoms in total. The molecule has 4 heteroatoms. The lowest BCUT2D eigenvalue weighted by atomic mass is 9.80. The van der Waals surface area contributed by atoms with E-state index < -0.39 is 17.8 Å². The number of carbonyl (C=O) groups is 2. The first kappa shape index (κ1) is 16.1. The molecule has 0 saturated heterocycles. The van der Waals surface area contributed by atoms with Gasteiger partial charge in [-0.2, -0.15) is 0 Å². The van der Waals surface area contributed by atoms with Crippen molar-refractivity contribution < 1.29 is 14.7 Å². The average molecular weight is 293 g/mol. The Bertz CT molecular complexity index is 397. The van der Waals surface area contributed by atoms with Crippen LogP contribution in [0.4, 0.5) is 0 Å². The average Bonchev–Trinajstić information content (AvgIpc) is 2.53. The molecule has 2 aliphatic rings. The summed E-state index contributed by atoms with van der Waals surface area (Å²) in [5.41, 5.74) is 0. The largest absolute Gasteiger partial charge is 0.481 e. The Morgan fingerprint density at radius 1 is 1.05 bits per heavy atom. The molecular weight excluding hydrogens is 266 g/mol. The van der Waals surface area contributed by atoms with Gasteiger partial charge in [0.05, 0.1) is 11.8 Å². The summed E-state index contributed by atoms with van der Waals surface area (Å²) in [7, 11) is 0. The number of aliphatic carboxylic acids is 1. The van der Waals surface area contributed by atoms with Gasteiger partial charge in [-0.15, -0.1) is 0 Å². The summed E-state index contributed by atoms with van der Waals surface area (Å²) in [5.74, 6) is -0.478. The number of carboxylic acid groups (broad SMARTS) is 1. The maximum Gasteiger partial charge on any atom is 0.307 e. The molecule has 0 aliphatic heterocycles. The highest BCUT2D eigenvalue weighted by atomic mass is 16.4. The van der Waals surface area contributed by atoms with Crippen molar-refractivity contribution in [2.45, 2.75) is 51.9 Å². The van der Waals surface area contributed by atoms with Crippen molar-refractivity contribution in [1.82, 2.24) is 5.32 Å². The summed E-state index contributed by atoms with van der Waals surface area (Å²) in [6.07, 6.45) is 11.0. The zero-order chi connectivity index (χ0) is 15.2. The maximum atomic E-state index is 12.3. The van der Waals surface area contributed by atoms with Crippen LogP contribution in [-0.2, 0) is 9.59 Å². The second kappa shape index (κ2) is 7.62. The van der Waals surface area contributed by atoms with Crippen molar-refractivity contribution in [2.24, 2.45) is 23.7 Å². The van der Waals surface area contributed by atoms with Crippen molar-refractivity contribution in [1.29, 1.82) is 0 Å². The highest BCUT2D eigenvalue weighted by molar-refractivity contribution is 5.85. The van der Waals surface area contributed by atoms with Crippen molar-refractivity contribution in [3.63, 3.8) is 0 Å². The quantitative estimate of drug-likeness (QED) is 0.766. The molecule has 0 aromatic rings. The van der Waals surface area contributed by atoms with Crippen LogP contribution >= 0.6 is 0 Å². The van der Waals surface area contributed by atoms with Crippen LogP contribution < -0.4 is 5.32 Å². The number of carboxylic acids is 1. The van der Waals surface area contributed by atoms with Gasteiger partial charge in [0.25, 0.3) is 0 Å². The van der Waals surface area contributed by atoms with E-state index >= 15 is 0 Å². The lowest BCUT2D eigenvalue weighted by molar-refractivity contribution is -0.147. The minimum absolute atomic E-state index is 0.0793. The molecule has 2 N–H and O–H groups in total. The number of nitrogens with one attached hydrogen (secondary N) is 1. The molecule has 0 aromatic carbocycles. The number of hydrogen-bond acceptors (Lipinski definition) is 2. The Balaban J connectivity index is 1.79. The monoisotopic (exact) mass is 293 g/mol. The van der Waals surface area contributed by atoms with E-state index in [0.717, 1.165) is 5.92 Å². The molecule has 0 unspecified atom stereocenters. The molecule has 21 heavy (non-hydrogen) atoms. The van der Waals surface area contributed by atoms with Gasteiger partial charge < -0.3 is 10.4 Å². The molecule has 0 radical (unpaired) electrons. The van der Waals surface area contributed by atoms with Gasteiger partial charge >= 0.3 is 5.97 Å². The fraction of sp³-hybridized carbons (Fsp3) is 0.765. The van der Waals surface area contributed by atoms with Crippen molar-refractivity contribution in [3.8, 4) is 0 Å². The molecule has 0 spiro atoms. The predicted octanol–water partition coefficient (Wildman–Crippen LogP) is 2.99. The Morgan fingerprint density at radius 3 is 2.19 bits per heavy atom. The summed E-state index contributed by atoms with van der Waals surface area (Å²) in [6.45, 7) is 2.96. The fourth-order valence-electron chi connectivity index (χ4n) is 3.60. The van der Waals surface area contributed by atoms with E-state index in [1.54, 1.807) is 0 Å². The van der Waals surface area contributed by atoms with Crippen molar-refractivity contribution >= 4 is 11.9 Å². The third-order valence-corrected chi connectivity index (χ3v) is 5.20. The van der Waals surface area contributed by atoms with Gasteiger partial charge in [0, 0.05) is 6.54 Å². The topological polar surface area (TPSA) is 66.4 Å². The van der Waals surface area contributed by atoms with Crippen molar-refractivity contribution in [2.75, 3.05) is 6.54 Å². The number of amides is 1. The van der Waals surface area contributed by atoms with Gasteiger partial charge in [-0.25, -0.2) is 0 Å². The summed E-state index contributed by atoms with van der Waals surface area (Å²) >= 11 is 0. The molecule has 0 heterocycles. The van der Waals surface area contributed by atoms with Crippen LogP contribution in [0.3, 0.4) is 0 Å². The van der Waals surface area contributed by atoms with Crippen LogP contribution in [-0.4, -0.2) is 23.5 Å². The van der Waals surface area contributed by atoms with Gasteiger partial charge in [-0.3, -0.25) is 9.59 Å². The van der Waals surface area contributed by atoms with Crippen LogP contribution in [0.2, 0.25) is 0 Å². The van der Waals surface area contributed by atoms with E-state index in [-0.39, 0.29) is 5.91 Å². The van der Waals surface area contributed by atoms with Gasteiger partial charge in [0.1, 0.15) is 0 Å². The zero-order valence-corrected chi connectivity index (χ0v) is 12.9. The van der Waals surface area contributed by atoms with E-state index in [4.69, 9.17) is 0 Å². The lowest BCUT2D eigenvalue weighted by Gasteiger charge is -2.29.